The minimum atomic E-state index is -0.556. The van der Waals surface area contributed by atoms with E-state index < -0.39 is 6.10 Å². The van der Waals surface area contributed by atoms with E-state index >= 15 is 0 Å². The first-order valence-electron chi connectivity index (χ1n) is 6.99. The highest BCUT2D eigenvalue weighted by molar-refractivity contribution is 5.94. The molecule has 0 aliphatic carbocycles. The number of nitrogen functional groups attached to an aromatic ring is 1. The molecule has 3 N–H and O–H groups in total. The smallest absolute Gasteiger partial charge is 0.253 e. The van der Waals surface area contributed by atoms with Crippen LogP contribution in [-0.2, 0) is 16.1 Å². The summed E-state index contributed by atoms with van der Waals surface area (Å²) in [6, 6.07) is 14.5. The Morgan fingerprint density at radius 3 is 2.36 bits per heavy atom. The van der Waals surface area contributed by atoms with E-state index in [-0.39, 0.29) is 5.91 Å². The van der Waals surface area contributed by atoms with E-state index in [0.29, 0.717) is 18.0 Å². The second-order valence-electron chi connectivity index (χ2n) is 4.91. The number of benzene rings is 2. The number of nitrogens with one attached hydrogen (secondary N) is 1. The monoisotopic (exact) mass is 300 g/mol. The van der Waals surface area contributed by atoms with E-state index in [9.17, 15) is 4.79 Å². The van der Waals surface area contributed by atoms with Crippen LogP contribution in [0.5, 0.6) is 5.75 Å². The molecule has 5 nitrogen and oxygen atoms in total. The Bertz CT molecular complexity index is 609. The first-order chi connectivity index (χ1) is 10.6. The molecule has 0 bridgehead atoms. The van der Waals surface area contributed by atoms with E-state index in [2.05, 4.69) is 5.32 Å². The number of anilines is 2. The molecule has 0 aliphatic rings. The summed E-state index contributed by atoms with van der Waals surface area (Å²) in [5, 5.41) is 2.78. The number of hydrogen-bond donors (Lipinski definition) is 2. The molecule has 2 aromatic carbocycles. The van der Waals surface area contributed by atoms with Crippen molar-refractivity contribution in [1.29, 1.82) is 0 Å². The fourth-order valence-electron chi connectivity index (χ4n) is 1.83. The van der Waals surface area contributed by atoms with E-state index in [1.807, 2.05) is 24.3 Å². The average molecular weight is 300 g/mol. The minimum Gasteiger partial charge on any atom is -0.497 e. The van der Waals surface area contributed by atoms with Gasteiger partial charge >= 0.3 is 0 Å². The van der Waals surface area contributed by atoms with Gasteiger partial charge in [0.15, 0.2) is 0 Å². The number of carbonyl (C=O) groups excluding carboxylic acids is 1. The average Bonchev–Trinajstić information content (AvgIpc) is 2.55. The zero-order chi connectivity index (χ0) is 15.9. The maximum absolute atomic E-state index is 12.0. The summed E-state index contributed by atoms with van der Waals surface area (Å²) in [6.45, 7) is 2.08. The number of ether oxygens (including phenoxy) is 2. The predicted molar refractivity (Wildman–Crippen MR) is 86.7 cm³/mol. The summed E-state index contributed by atoms with van der Waals surface area (Å²) in [5.74, 6) is 0.594. The Morgan fingerprint density at radius 1 is 1.14 bits per heavy atom. The topological polar surface area (TPSA) is 73.6 Å². The highest BCUT2D eigenvalue weighted by Crippen LogP contribution is 2.14. The van der Waals surface area contributed by atoms with Crippen molar-refractivity contribution >= 4 is 17.3 Å². The van der Waals surface area contributed by atoms with E-state index in [1.54, 1.807) is 38.3 Å². The van der Waals surface area contributed by atoms with Crippen LogP contribution in [0.3, 0.4) is 0 Å². The summed E-state index contributed by atoms with van der Waals surface area (Å²) < 4.78 is 10.7. The third-order valence-electron chi connectivity index (χ3n) is 3.21. The third-order valence-corrected chi connectivity index (χ3v) is 3.21. The van der Waals surface area contributed by atoms with Crippen molar-refractivity contribution in [2.45, 2.75) is 19.6 Å². The summed E-state index contributed by atoms with van der Waals surface area (Å²) in [4.78, 5) is 12.0. The molecule has 1 atom stereocenters. The molecule has 0 aromatic heterocycles. The van der Waals surface area contributed by atoms with Crippen molar-refractivity contribution in [3.05, 3.63) is 54.1 Å². The summed E-state index contributed by atoms with van der Waals surface area (Å²) in [7, 11) is 1.62. The Labute approximate surface area is 130 Å². The third kappa shape index (κ3) is 4.49. The van der Waals surface area contributed by atoms with Crippen molar-refractivity contribution in [2.75, 3.05) is 18.2 Å². The van der Waals surface area contributed by atoms with Gasteiger partial charge < -0.3 is 20.5 Å². The fourth-order valence-corrected chi connectivity index (χ4v) is 1.83. The van der Waals surface area contributed by atoms with Gasteiger partial charge in [0.25, 0.3) is 5.91 Å². The molecule has 0 saturated heterocycles. The molecule has 2 aromatic rings. The normalized spacial score (nSPS) is 11.7. The predicted octanol–water partition coefficient (Wildman–Crippen LogP) is 2.82. The first-order valence-corrected chi connectivity index (χ1v) is 6.99. The Balaban J connectivity index is 1.84. The molecule has 1 amide bonds. The number of amides is 1. The second-order valence-corrected chi connectivity index (χ2v) is 4.91. The zero-order valence-electron chi connectivity index (χ0n) is 12.7. The van der Waals surface area contributed by atoms with Crippen LogP contribution < -0.4 is 15.8 Å². The number of rotatable bonds is 6. The molecular formula is C17H20N2O3. The maximum atomic E-state index is 12.0. The van der Waals surface area contributed by atoms with Crippen LogP contribution in [0.15, 0.2) is 48.5 Å². The largest absolute Gasteiger partial charge is 0.497 e. The van der Waals surface area contributed by atoms with Gasteiger partial charge in [0.1, 0.15) is 11.9 Å². The van der Waals surface area contributed by atoms with Crippen LogP contribution in [0.2, 0.25) is 0 Å². The molecule has 116 valence electrons. The maximum Gasteiger partial charge on any atom is 0.253 e. The molecule has 5 heteroatoms. The van der Waals surface area contributed by atoms with Gasteiger partial charge in [-0.25, -0.2) is 0 Å². The molecule has 0 fully saturated rings. The lowest BCUT2D eigenvalue weighted by Gasteiger charge is -2.14. The van der Waals surface area contributed by atoms with E-state index in [0.717, 1.165) is 11.3 Å². The molecular weight excluding hydrogens is 280 g/mol. The Kier molecular flexibility index (Phi) is 5.38. The molecule has 0 aliphatic heterocycles. The molecule has 0 spiro atoms. The Morgan fingerprint density at radius 2 is 1.77 bits per heavy atom. The zero-order valence-corrected chi connectivity index (χ0v) is 12.7. The van der Waals surface area contributed by atoms with Crippen LogP contribution in [-0.4, -0.2) is 19.1 Å². The summed E-state index contributed by atoms with van der Waals surface area (Å²) in [6.07, 6.45) is -0.556. The number of methoxy groups -OCH3 is 1. The summed E-state index contributed by atoms with van der Waals surface area (Å²) >= 11 is 0. The SMILES string of the molecule is COc1ccc(COC(C)C(=O)Nc2ccc(N)cc2)cc1. The van der Waals surface area contributed by atoms with Crippen molar-refractivity contribution in [2.24, 2.45) is 0 Å². The number of hydrogen-bond acceptors (Lipinski definition) is 4. The van der Waals surface area contributed by atoms with Gasteiger partial charge in [-0.1, -0.05) is 12.1 Å². The van der Waals surface area contributed by atoms with E-state index in [1.165, 1.54) is 0 Å². The van der Waals surface area contributed by atoms with Crippen molar-refractivity contribution < 1.29 is 14.3 Å². The molecule has 1 unspecified atom stereocenters. The second kappa shape index (κ2) is 7.47. The molecule has 0 heterocycles. The van der Waals surface area contributed by atoms with Crippen LogP contribution in [0.25, 0.3) is 0 Å². The van der Waals surface area contributed by atoms with E-state index in [4.69, 9.17) is 15.2 Å². The number of carbonyl (C=O) groups is 1. The first kappa shape index (κ1) is 15.9. The lowest BCUT2D eigenvalue weighted by atomic mass is 10.2. The lowest BCUT2D eigenvalue weighted by Crippen LogP contribution is -2.27. The number of nitrogens with two attached hydrogens (primary N) is 1. The van der Waals surface area contributed by atoms with Gasteiger partial charge in [-0.2, -0.15) is 0 Å². The fraction of sp³-hybridized carbons (Fsp3) is 0.235. The van der Waals surface area contributed by atoms with Gasteiger partial charge in [-0.3, -0.25) is 4.79 Å². The van der Waals surface area contributed by atoms with Crippen LogP contribution in [0, 0.1) is 0 Å². The lowest BCUT2D eigenvalue weighted by molar-refractivity contribution is -0.127. The van der Waals surface area contributed by atoms with Gasteiger partial charge in [-0.05, 0) is 48.9 Å². The van der Waals surface area contributed by atoms with Crippen molar-refractivity contribution in [3.8, 4) is 5.75 Å². The molecule has 0 radical (unpaired) electrons. The van der Waals surface area contributed by atoms with Crippen molar-refractivity contribution in [3.63, 3.8) is 0 Å². The van der Waals surface area contributed by atoms with Gasteiger partial charge in [-0.15, -0.1) is 0 Å². The molecule has 0 saturated carbocycles. The molecule has 22 heavy (non-hydrogen) atoms. The van der Waals surface area contributed by atoms with Crippen LogP contribution >= 0.6 is 0 Å². The highest BCUT2D eigenvalue weighted by atomic mass is 16.5. The van der Waals surface area contributed by atoms with Gasteiger partial charge in [0.05, 0.1) is 13.7 Å². The highest BCUT2D eigenvalue weighted by Gasteiger charge is 2.13. The minimum absolute atomic E-state index is 0.196. The van der Waals surface area contributed by atoms with Crippen molar-refractivity contribution in [1.82, 2.24) is 0 Å². The molecule has 2 rings (SSSR count). The van der Waals surface area contributed by atoms with Crippen LogP contribution in [0.4, 0.5) is 11.4 Å². The van der Waals surface area contributed by atoms with Gasteiger partial charge in [0, 0.05) is 11.4 Å². The Hall–Kier alpha value is -2.53. The standard InChI is InChI=1S/C17H20N2O3/c1-12(17(20)19-15-7-5-14(18)6-8-15)22-11-13-3-9-16(21-2)10-4-13/h3-10,12H,11,18H2,1-2H3,(H,19,20). The van der Waals surface area contributed by atoms with Gasteiger partial charge in [0.2, 0.25) is 0 Å². The summed E-state index contributed by atoms with van der Waals surface area (Å²) in [5.41, 5.74) is 7.93. The quantitative estimate of drug-likeness (QED) is 0.805. The van der Waals surface area contributed by atoms with Crippen LogP contribution in [0.1, 0.15) is 12.5 Å².